The summed E-state index contributed by atoms with van der Waals surface area (Å²) >= 11 is 0. The summed E-state index contributed by atoms with van der Waals surface area (Å²) in [6, 6.07) is 4.05. The third kappa shape index (κ3) is 1.44. The molecule has 1 spiro atoms. The second kappa shape index (κ2) is 4.24. The number of allylic oxidation sites excluding steroid dienone is 2. The van der Waals surface area contributed by atoms with E-state index in [1.807, 2.05) is 24.5 Å². The molecule has 0 radical (unpaired) electrons. The normalized spacial score (nSPS) is 31.2. The molecule has 2 aliphatic heterocycles. The van der Waals surface area contributed by atoms with E-state index in [0.717, 1.165) is 30.8 Å². The standard InChI is InChI=1S/C15H18N4O/c1-20-13-7-4-8-15(13)17-16-14-12(6-5-11-19(14)15)18-9-2-3-10-18/h2-3,5-6,9-11,13,17H,4,7-8H2,1H3. The number of methoxy groups -OCH3 is 1. The van der Waals surface area contributed by atoms with Crippen LogP contribution < -0.4 is 5.43 Å². The van der Waals surface area contributed by atoms with E-state index in [9.17, 15) is 0 Å². The monoisotopic (exact) mass is 270 g/mol. The average molecular weight is 270 g/mol. The first kappa shape index (κ1) is 11.8. The highest BCUT2D eigenvalue weighted by atomic mass is 16.5. The Morgan fingerprint density at radius 3 is 3.05 bits per heavy atom. The minimum absolute atomic E-state index is 0.164. The average Bonchev–Trinajstić information content (AvgIpc) is 3.20. The van der Waals surface area contributed by atoms with Crippen molar-refractivity contribution in [2.45, 2.75) is 31.0 Å². The van der Waals surface area contributed by atoms with Gasteiger partial charge in [0.1, 0.15) is 6.10 Å². The molecule has 5 heteroatoms. The van der Waals surface area contributed by atoms with Gasteiger partial charge in [0.25, 0.3) is 0 Å². The molecule has 5 nitrogen and oxygen atoms in total. The highest BCUT2D eigenvalue weighted by Gasteiger charge is 2.52. The summed E-state index contributed by atoms with van der Waals surface area (Å²) in [6.07, 6.45) is 13.8. The molecule has 0 aromatic carbocycles. The molecule has 4 rings (SSSR count). The highest BCUT2D eigenvalue weighted by Crippen LogP contribution is 2.40. The van der Waals surface area contributed by atoms with Gasteiger partial charge in [0.2, 0.25) is 0 Å². The molecule has 2 unspecified atom stereocenters. The first-order chi connectivity index (χ1) is 9.85. The molecule has 1 aliphatic carbocycles. The molecule has 0 saturated heterocycles. The number of hydrogen-bond donors (Lipinski definition) is 1. The van der Waals surface area contributed by atoms with E-state index >= 15 is 0 Å². The molecule has 0 amide bonds. The van der Waals surface area contributed by atoms with Crippen LogP contribution in [0.1, 0.15) is 19.3 Å². The van der Waals surface area contributed by atoms with Crippen molar-refractivity contribution in [2.24, 2.45) is 5.10 Å². The smallest absolute Gasteiger partial charge is 0.178 e. The van der Waals surface area contributed by atoms with Crippen molar-refractivity contribution in [3.05, 3.63) is 42.9 Å². The van der Waals surface area contributed by atoms with E-state index in [0.29, 0.717) is 0 Å². The van der Waals surface area contributed by atoms with Crippen LogP contribution >= 0.6 is 0 Å². The Bertz CT molecular complexity index is 601. The first-order valence-corrected chi connectivity index (χ1v) is 7.04. The van der Waals surface area contributed by atoms with Crippen LogP contribution in [0.4, 0.5) is 0 Å². The Kier molecular flexibility index (Phi) is 2.50. The van der Waals surface area contributed by atoms with Gasteiger partial charge in [-0.1, -0.05) is 0 Å². The van der Waals surface area contributed by atoms with E-state index in [-0.39, 0.29) is 11.8 Å². The Morgan fingerprint density at radius 2 is 2.25 bits per heavy atom. The van der Waals surface area contributed by atoms with Gasteiger partial charge in [-0.3, -0.25) is 5.43 Å². The Morgan fingerprint density at radius 1 is 1.40 bits per heavy atom. The van der Waals surface area contributed by atoms with Crippen LogP contribution in [-0.2, 0) is 4.74 Å². The lowest BCUT2D eigenvalue weighted by Crippen LogP contribution is -2.57. The molecule has 20 heavy (non-hydrogen) atoms. The van der Waals surface area contributed by atoms with Crippen molar-refractivity contribution in [2.75, 3.05) is 7.11 Å². The van der Waals surface area contributed by atoms with Crippen molar-refractivity contribution >= 4 is 11.5 Å². The number of ether oxygens (including phenoxy) is 1. The minimum Gasteiger partial charge on any atom is -0.377 e. The molecule has 0 bridgehead atoms. The van der Waals surface area contributed by atoms with Gasteiger partial charge in [0.15, 0.2) is 11.5 Å². The van der Waals surface area contributed by atoms with E-state index in [2.05, 4.69) is 38.3 Å². The minimum atomic E-state index is -0.215. The fraction of sp³-hybridized carbons (Fsp3) is 0.400. The molecular weight excluding hydrogens is 252 g/mol. The summed E-state index contributed by atoms with van der Waals surface area (Å²) in [4.78, 5) is 2.24. The van der Waals surface area contributed by atoms with Gasteiger partial charge in [0.05, 0.1) is 5.70 Å². The maximum Gasteiger partial charge on any atom is 0.178 e. The maximum atomic E-state index is 5.69. The van der Waals surface area contributed by atoms with Crippen molar-refractivity contribution in [3.8, 4) is 0 Å². The van der Waals surface area contributed by atoms with Crippen LogP contribution in [0.3, 0.4) is 0 Å². The fourth-order valence-electron chi connectivity index (χ4n) is 3.50. The fourth-order valence-corrected chi connectivity index (χ4v) is 3.50. The number of hydrogen-bond acceptors (Lipinski definition) is 4. The van der Waals surface area contributed by atoms with Gasteiger partial charge in [-0.25, -0.2) is 0 Å². The van der Waals surface area contributed by atoms with Crippen molar-refractivity contribution in [1.29, 1.82) is 0 Å². The lowest BCUT2D eigenvalue weighted by Gasteiger charge is -2.39. The van der Waals surface area contributed by atoms with Gasteiger partial charge in [-0.15, -0.1) is 0 Å². The molecule has 2 atom stereocenters. The van der Waals surface area contributed by atoms with Crippen LogP contribution in [0.15, 0.2) is 48.0 Å². The zero-order valence-corrected chi connectivity index (χ0v) is 11.5. The molecule has 3 aliphatic rings. The quantitative estimate of drug-likeness (QED) is 0.893. The second-order valence-corrected chi connectivity index (χ2v) is 5.44. The number of rotatable bonds is 2. The van der Waals surface area contributed by atoms with Gasteiger partial charge in [0, 0.05) is 25.7 Å². The number of fused-ring (bicyclic) bond motifs is 2. The van der Waals surface area contributed by atoms with Crippen LogP contribution in [0, 0.1) is 0 Å². The Hall–Kier alpha value is -2.01. The van der Waals surface area contributed by atoms with Crippen LogP contribution in [0.25, 0.3) is 5.70 Å². The molecule has 104 valence electrons. The number of nitrogens with zero attached hydrogens (tertiary/aromatic N) is 3. The van der Waals surface area contributed by atoms with Crippen LogP contribution in [-0.4, -0.2) is 34.2 Å². The lowest BCUT2D eigenvalue weighted by atomic mass is 10.0. The first-order valence-electron chi connectivity index (χ1n) is 7.04. The molecule has 1 fully saturated rings. The zero-order chi connectivity index (χ0) is 13.6. The number of nitrogens with one attached hydrogen (secondary N) is 1. The third-order valence-corrected chi connectivity index (χ3v) is 4.46. The topological polar surface area (TPSA) is 41.8 Å². The number of amidine groups is 1. The van der Waals surface area contributed by atoms with E-state index in [1.54, 1.807) is 7.11 Å². The summed E-state index contributed by atoms with van der Waals surface area (Å²) < 4.78 is 7.78. The zero-order valence-electron chi connectivity index (χ0n) is 11.5. The molecular formula is C15H18N4O. The molecule has 1 saturated carbocycles. The predicted molar refractivity (Wildman–Crippen MR) is 77.6 cm³/mol. The van der Waals surface area contributed by atoms with Crippen LogP contribution in [0.2, 0.25) is 0 Å². The summed E-state index contributed by atoms with van der Waals surface area (Å²) in [5.41, 5.74) is 4.22. The molecule has 1 N–H and O–H groups in total. The van der Waals surface area contributed by atoms with Crippen molar-refractivity contribution in [1.82, 2.24) is 14.9 Å². The largest absolute Gasteiger partial charge is 0.377 e. The number of aromatic nitrogens is 1. The van der Waals surface area contributed by atoms with Gasteiger partial charge in [-0.2, -0.15) is 5.10 Å². The van der Waals surface area contributed by atoms with Gasteiger partial charge < -0.3 is 14.2 Å². The predicted octanol–water partition coefficient (Wildman–Crippen LogP) is 1.97. The summed E-state index contributed by atoms with van der Waals surface area (Å²) in [5.74, 6) is 0.965. The van der Waals surface area contributed by atoms with E-state index in [4.69, 9.17) is 4.74 Å². The summed E-state index contributed by atoms with van der Waals surface area (Å²) in [7, 11) is 1.79. The van der Waals surface area contributed by atoms with Crippen molar-refractivity contribution in [3.63, 3.8) is 0 Å². The van der Waals surface area contributed by atoms with E-state index in [1.165, 1.54) is 0 Å². The second-order valence-electron chi connectivity index (χ2n) is 5.44. The van der Waals surface area contributed by atoms with Gasteiger partial charge >= 0.3 is 0 Å². The molecule has 3 heterocycles. The van der Waals surface area contributed by atoms with Crippen LogP contribution in [0.5, 0.6) is 0 Å². The van der Waals surface area contributed by atoms with Crippen molar-refractivity contribution < 1.29 is 4.74 Å². The highest BCUT2D eigenvalue weighted by molar-refractivity contribution is 6.19. The maximum absolute atomic E-state index is 5.69. The van der Waals surface area contributed by atoms with Gasteiger partial charge in [-0.05, 0) is 43.5 Å². The Labute approximate surface area is 118 Å². The summed E-state index contributed by atoms with van der Waals surface area (Å²) in [5, 5.41) is 4.60. The Balaban J connectivity index is 1.72. The SMILES string of the molecule is COC1CCCC12NN=C1C(n3cccc3)=CC=CN12. The molecule has 1 aromatic heterocycles. The lowest BCUT2D eigenvalue weighted by molar-refractivity contribution is 0.000257. The van der Waals surface area contributed by atoms with E-state index < -0.39 is 0 Å². The summed E-state index contributed by atoms with van der Waals surface area (Å²) in [6.45, 7) is 0. The molecule has 1 aromatic rings. The number of hydrazone groups is 1. The third-order valence-electron chi connectivity index (χ3n) is 4.46.